The zero-order valence-corrected chi connectivity index (χ0v) is 17.3. The van der Waals surface area contributed by atoms with Crippen LogP contribution in [0.3, 0.4) is 0 Å². The van der Waals surface area contributed by atoms with Gasteiger partial charge in [0.2, 0.25) is 0 Å². The highest BCUT2D eigenvalue weighted by Crippen LogP contribution is 2.34. The van der Waals surface area contributed by atoms with Crippen LogP contribution in [-0.2, 0) is 14.3 Å². The molecule has 0 aromatic heterocycles. The van der Waals surface area contributed by atoms with Gasteiger partial charge in [0.1, 0.15) is 6.61 Å². The minimum atomic E-state index is -0.361. The van der Waals surface area contributed by atoms with E-state index in [-0.39, 0.29) is 18.6 Å². The fourth-order valence-electron chi connectivity index (χ4n) is 3.17. The number of dihydropyridines is 1. The number of hydrogen-bond donors (Lipinski definition) is 2. The van der Waals surface area contributed by atoms with Crippen LogP contribution in [0.25, 0.3) is 5.57 Å². The first-order valence-electron chi connectivity index (χ1n) is 9.52. The minimum absolute atomic E-state index is 0.00550. The number of carbonyl (C=O) groups excluding carboxylic acids is 1. The van der Waals surface area contributed by atoms with Gasteiger partial charge in [0, 0.05) is 29.8 Å². The van der Waals surface area contributed by atoms with E-state index in [1.165, 1.54) is 0 Å². The van der Waals surface area contributed by atoms with Crippen molar-refractivity contribution in [2.75, 3.05) is 20.3 Å². The number of rotatable bonds is 8. The molecule has 0 saturated carbocycles. The summed E-state index contributed by atoms with van der Waals surface area (Å²) in [6.07, 6.45) is 5.99. The monoisotopic (exact) mass is 382 g/mol. The third-order valence-electron chi connectivity index (χ3n) is 4.48. The fraction of sp³-hybridized carbons (Fsp3) is 0.348. The van der Waals surface area contributed by atoms with Crippen LogP contribution in [0.4, 0.5) is 0 Å². The van der Waals surface area contributed by atoms with Crippen LogP contribution in [0.5, 0.6) is 0 Å². The van der Waals surface area contributed by atoms with Gasteiger partial charge in [0.15, 0.2) is 0 Å². The molecular formula is C23H30N2O3. The highest BCUT2D eigenvalue weighted by molar-refractivity contribution is 6.08. The van der Waals surface area contributed by atoms with Crippen LogP contribution in [-0.4, -0.2) is 32.3 Å². The molecule has 1 aromatic rings. The Kier molecular flexibility index (Phi) is 8.08. The number of nitrogens with one attached hydrogen (secondary N) is 2. The SMILES string of the molecule is C/C=C\C(=C/C)NC1=C(c2ccccc2)C(C(=O)OCCOC)=C(C)NC1C. The third kappa shape index (κ3) is 5.14. The Balaban J connectivity index is 2.58. The average molecular weight is 383 g/mol. The van der Waals surface area contributed by atoms with Gasteiger partial charge in [-0.15, -0.1) is 0 Å². The maximum Gasteiger partial charge on any atom is 0.340 e. The number of carbonyl (C=O) groups is 1. The van der Waals surface area contributed by atoms with Crippen molar-refractivity contribution in [3.8, 4) is 0 Å². The standard InChI is InChI=1S/C23H30N2O3/c1-6-11-19(7-2)25-22-17(4)24-16(3)20(23(26)28-15-14-27-5)21(22)18-12-9-8-10-13-18/h6-13,17,24-25H,14-15H2,1-5H3/b11-6-,19-7+. The van der Waals surface area contributed by atoms with Crippen LogP contribution in [0.2, 0.25) is 0 Å². The second-order valence-electron chi connectivity index (χ2n) is 6.52. The smallest absolute Gasteiger partial charge is 0.340 e. The summed E-state index contributed by atoms with van der Waals surface area (Å²) in [5.41, 5.74) is 5.06. The van der Waals surface area contributed by atoms with Gasteiger partial charge >= 0.3 is 5.97 Å². The topological polar surface area (TPSA) is 59.6 Å². The van der Waals surface area contributed by atoms with Crippen molar-refractivity contribution in [3.05, 3.63) is 76.8 Å². The van der Waals surface area contributed by atoms with E-state index in [2.05, 4.69) is 17.6 Å². The summed E-state index contributed by atoms with van der Waals surface area (Å²) < 4.78 is 10.5. The number of allylic oxidation sites excluding steroid dienone is 4. The van der Waals surface area contributed by atoms with Crippen molar-refractivity contribution in [1.82, 2.24) is 10.6 Å². The first-order chi connectivity index (χ1) is 13.5. The van der Waals surface area contributed by atoms with E-state index in [1.807, 2.05) is 69.3 Å². The van der Waals surface area contributed by atoms with Crippen molar-refractivity contribution in [2.24, 2.45) is 0 Å². The Morgan fingerprint density at radius 1 is 1.21 bits per heavy atom. The van der Waals surface area contributed by atoms with Crippen molar-refractivity contribution >= 4 is 11.5 Å². The second kappa shape index (κ2) is 10.5. The summed E-state index contributed by atoms with van der Waals surface area (Å²) in [5, 5.41) is 6.90. The molecule has 1 heterocycles. The molecule has 1 aliphatic heterocycles. The lowest BCUT2D eigenvalue weighted by atomic mass is 9.89. The number of methoxy groups -OCH3 is 1. The second-order valence-corrected chi connectivity index (χ2v) is 6.52. The Morgan fingerprint density at radius 2 is 1.93 bits per heavy atom. The predicted molar refractivity (Wildman–Crippen MR) is 113 cm³/mol. The van der Waals surface area contributed by atoms with Gasteiger partial charge in [-0.3, -0.25) is 0 Å². The highest BCUT2D eigenvalue weighted by Gasteiger charge is 2.30. The summed E-state index contributed by atoms with van der Waals surface area (Å²) in [4.78, 5) is 12.9. The van der Waals surface area contributed by atoms with E-state index in [0.29, 0.717) is 12.2 Å². The lowest BCUT2D eigenvalue weighted by Crippen LogP contribution is -2.39. The maximum atomic E-state index is 12.9. The normalized spacial score (nSPS) is 17.8. The molecule has 0 fully saturated rings. The van der Waals surface area contributed by atoms with Crippen molar-refractivity contribution in [3.63, 3.8) is 0 Å². The molecule has 1 aliphatic rings. The predicted octanol–water partition coefficient (Wildman–Crippen LogP) is 3.92. The fourth-order valence-corrected chi connectivity index (χ4v) is 3.17. The molecule has 0 aliphatic carbocycles. The molecule has 28 heavy (non-hydrogen) atoms. The van der Waals surface area contributed by atoms with Gasteiger partial charge < -0.3 is 20.1 Å². The van der Waals surface area contributed by atoms with Crippen molar-refractivity contribution in [2.45, 2.75) is 33.7 Å². The molecule has 1 aromatic carbocycles. The molecule has 2 N–H and O–H groups in total. The van der Waals surface area contributed by atoms with Crippen LogP contribution in [0, 0.1) is 0 Å². The summed E-state index contributed by atoms with van der Waals surface area (Å²) in [6.45, 7) is 8.51. The quantitative estimate of drug-likeness (QED) is 0.405. The molecular weight excluding hydrogens is 352 g/mol. The summed E-state index contributed by atoms with van der Waals surface area (Å²) in [7, 11) is 1.58. The third-order valence-corrected chi connectivity index (χ3v) is 4.48. The van der Waals surface area contributed by atoms with E-state index in [0.717, 1.165) is 28.2 Å². The van der Waals surface area contributed by atoms with E-state index in [1.54, 1.807) is 7.11 Å². The van der Waals surface area contributed by atoms with Gasteiger partial charge in [0.25, 0.3) is 0 Å². The average Bonchev–Trinajstić information content (AvgIpc) is 2.69. The molecule has 1 atom stereocenters. The highest BCUT2D eigenvalue weighted by atomic mass is 16.6. The zero-order valence-electron chi connectivity index (χ0n) is 17.3. The minimum Gasteiger partial charge on any atom is -0.460 e. The van der Waals surface area contributed by atoms with Crippen LogP contribution in [0.15, 0.2) is 71.2 Å². The zero-order chi connectivity index (χ0) is 20.5. The Labute approximate surface area is 167 Å². The van der Waals surface area contributed by atoms with Gasteiger partial charge in [-0.25, -0.2) is 4.79 Å². The van der Waals surface area contributed by atoms with Crippen molar-refractivity contribution < 1.29 is 14.3 Å². The largest absolute Gasteiger partial charge is 0.460 e. The van der Waals surface area contributed by atoms with Gasteiger partial charge in [-0.05, 0) is 39.3 Å². The molecule has 150 valence electrons. The first-order valence-corrected chi connectivity index (χ1v) is 9.52. The van der Waals surface area contributed by atoms with Gasteiger partial charge in [-0.1, -0.05) is 42.5 Å². The number of esters is 1. The van der Waals surface area contributed by atoms with Gasteiger partial charge in [0.05, 0.1) is 18.2 Å². The lowest BCUT2D eigenvalue weighted by molar-refractivity contribution is -0.139. The number of ether oxygens (including phenoxy) is 2. The van der Waals surface area contributed by atoms with E-state index >= 15 is 0 Å². The Bertz CT molecular complexity index is 804. The molecule has 5 heteroatoms. The first kappa shape index (κ1) is 21.5. The summed E-state index contributed by atoms with van der Waals surface area (Å²) >= 11 is 0. The van der Waals surface area contributed by atoms with E-state index in [9.17, 15) is 4.79 Å². The summed E-state index contributed by atoms with van der Waals surface area (Å²) in [6, 6.07) is 9.93. The molecule has 5 nitrogen and oxygen atoms in total. The van der Waals surface area contributed by atoms with Crippen LogP contribution >= 0.6 is 0 Å². The molecule has 1 unspecified atom stereocenters. The molecule has 2 rings (SSSR count). The molecule has 0 spiro atoms. The lowest BCUT2D eigenvalue weighted by Gasteiger charge is -2.31. The number of hydrogen-bond acceptors (Lipinski definition) is 5. The molecule has 0 radical (unpaired) electrons. The molecule has 0 bridgehead atoms. The van der Waals surface area contributed by atoms with E-state index in [4.69, 9.17) is 9.47 Å². The van der Waals surface area contributed by atoms with Gasteiger partial charge in [-0.2, -0.15) is 0 Å². The number of benzene rings is 1. The van der Waals surface area contributed by atoms with E-state index < -0.39 is 0 Å². The molecule has 0 amide bonds. The van der Waals surface area contributed by atoms with Crippen molar-refractivity contribution in [1.29, 1.82) is 0 Å². The Hall–Kier alpha value is -2.79. The maximum absolute atomic E-state index is 12.9. The van der Waals surface area contributed by atoms with Crippen LogP contribution < -0.4 is 10.6 Å². The molecule has 0 saturated heterocycles. The summed E-state index contributed by atoms with van der Waals surface area (Å²) in [5.74, 6) is -0.361. The Morgan fingerprint density at radius 3 is 2.54 bits per heavy atom. The van der Waals surface area contributed by atoms with Crippen LogP contribution in [0.1, 0.15) is 33.3 Å².